The zero-order valence-corrected chi connectivity index (χ0v) is 27.8. The second-order valence-electron chi connectivity index (χ2n) is 15.5. The Labute approximate surface area is 277 Å². The summed E-state index contributed by atoms with van der Waals surface area (Å²) in [5.41, 5.74) is -0.484. The van der Waals surface area contributed by atoms with Crippen LogP contribution in [0.5, 0.6) is 0 Å². The molecule has 48 heavy (non-hydrogen) atoms. The molecule has 5 aliphatic rings. The summed E-state index contributed by atoms with van der Waals surface area (Å²) in [6.07, 6.45) is 1.83. The number of hydrogen-bond acceptors (Lipinski definition) is 6. The topological polar surface area (TPSA) is 128 Å². The highest BCUT2D eigenvalue weighted by Gasteiger charge is 2.62. The fraction of sp³-hybridized carbons (Fsp3) is 0.788. The Morgan fingerprint density at radius 2 is 1.56 bits per heavy atom. The summed E-state index contributed by atoms with van der Waals surface area (Å²) in [7, 11) is 0. The minimum Gasteiger partial charge on any atom is -0.376 e. The van der Waals surface area contributed by atoms with Gasteiger partial charge in [-0.05, 0) is 37.5 Å². The van der Waals surface area contributed by atoms with Crippen LogP contribution >= 0.6 is 0 Å². The lowest BCUT2D eigenvalue weighted by Crippen LogP contribution is -2.65. The number of alkyl halides is 4. The second kappa shape index (κ2) is 12.6. The van der Waals surface area contributed by atoms with Crippen molar-refractivity contribution in [1.82, 2.24) is 30.2 Å². The number of nitrogens with one attached hydrogen (secondary N) is 2. The minimum absolute atomic E-state index is 0.0295. The van der Waals surface area contributed by atoms with Crippen LogP contribution in [0.15, 0.2) is 12.4 Å². The van der Waals surface area contributed by atoms with Crippen molar-refractivity contribution in [3.63, 3.8) is 0 Å². The van der Waals surface area contributed by atoms with Crippen LogP contribution in [0.25, 0.3) is 0 Å². The molecule has 0 radical (unpaired) electrons. The number of amides is 4. The zero-order valence-electron chi connectivity index (χ0n) is 27.8. The highest BCUT2D eigenvalue weighted by atomic mass is 19.3. The van der Waals surface area contributed by atoms with E-state index in [1.54, 1.807) is 16.7 Å². The Kier molecular flexibility index (Phi) is 9.08. The zero-order chi connectivity index (χ0) is 34.6. The van der Waals surface area contributed by atoms with Gasteiger partial charge in [-0.15, -0.1) is 0 Å². The van der Waals surface area contributed by atoms with Gasteiger partial charge in [0.1, 0.15) is 6.04 Å². The fourth-order valence-corrected chi connectivity index (χ4v) is 7.87. The van der Waals surface area contributed by atoms with Crippen molar-refractivity contribution in [3.05, 3.63) is 18.0 Å². The van der Waals surface area contributed by atoms with Crippen LogP contribution in [0.3, 0.4) is 0 Å². The first-order chi connectivity index (χ1) is 22.5. The van der Waals surface area contributed by atoms with Crippen LogP contribution in [-0.4, -0.2) is 118 Å². The van der Waals surface area contributed by atoms with Crippen molar-refractivity contribution in [2.75, 3.05) is 45.9 Å². The smallest absolute Gasteiger partial charge is 0.257 e. The van der Waals surface area contributed by atoms with Crippen LogP contribution in [0.1, 0.15) is 76.1 Å². The number of aromatic amines is 1. The highest BCUT2D eigenvalue weighted by Crippen LogP contribution is 2.54. The van der Waals surface area contributed by atoms with Gasteiger partial charge in [0.2, 0.25) is 23.6 Å². The fourth-order valence-electron chi connectivity index (χ4n) is 7.87. The molecule has 3 aliphatic heterocycles. The summed E-state index contributed by atoms with van der Waals surface area (Å²) in [6, 6.07) is -1.23. The number of halogens is 4. The molecule has 2 aliphatic carbocycles. The molecule has 2 N–H and O–H groups in total. The van der Waals surface area contributed by atoms with Crippen LogP contribution in [0, 0.1) is 28.6 Å². The monoisotopic (exact) mass is 682 g/mol. The largest absolute Gasteiger partial charge is 0.376 e. The van der Waals surface area contributed by atoms with Gasteiger partial charge in [-0.2, -0.15) is 5.10 Å². The number of hydrogen-bond donors (Lipinski definition) is 2. The third kappa shape index (κ3) is 7.07. The SMILES string of the molecule is C[C@@H](OCC1CCC(F)(F)CC1)[C@H](NC(=O)[C@@H]1CN(C(=O)c2cn[nH]c2)CC12CN(C(=O)[C@H]1CC1(C)C)C2)C(=O)N1CCC(F)(F)CC1. The molecule has 2 saturated carbocycles. The molecule has 0 aromatic carbocycles. The summed E-state index contributed by atoms with van der Waals surface area (Å²) < 4.78 is 61.4. The number of carbonyl (C=O) groups excluding carboxylic acids is 4. The van der Waals surface area contributed by atoms with E-state index in [2.05, 4.69) is 15.5 Å². The maximum Gasteiger partial charge on any atom is 0.257 e. The maximum absolute atomic E-state index is 14.2. The van der Waals surface area contributed by atoms with Gasteiger partial charge in [0.15, 0.2) is 0 Å². The van der Waals surface area contributed by atoms with Crippen molar-refractivity contribution < 1.29 is 41.5 Å². The molecule has 11 nitrogen and oxygen atoms in total. The quantitative estimate of drug-likeness (QED) is 0.385. The summed E-state index contributed by atoms with van der Waals surface area (Å²) in [6.45, 7) is 6.28. The third-order valence-electron chi connectivity index (χ3n) is 11.4. The van der Waals surface area contributed by atoms with Gasteiger partial charge in [-0.3, -0.25) is 24.3 Å². The number of H-pyrrole nitrogens is 1. The van der Waals surface area contributed by atoms with Crippen molar-refractivity contribution in [2.45, 2.75) is 89.7 Å². The van der Waals surface area contributed by atoms with Crippen molar-refractivity contribution in [2.24, 2.45) is 28.6 Å². The Balaban J connectivity index is 1.18. The number of likely N-dealkylation sites (tertiary alicyclic amines) is 3. The molecule has 15 heteroatoms. The second-order valence-corrected chi connectivity index (χ2v) is 15.5. The molecule has 0 bridgehead atoms. The third-order valence-corrected chi connectivity index (χ3v) is 11.4. The van der Waals surface area contributed by atoms with E-state index < -0.39 is 60.0 Å². The summed E-state index contributed by atoms with van der Waals surface area (Å²) >= 11 is 0. The van der Waals surface area contributed by atoms with E-state index in [1.807, 2.05) is 13.8 Å². The first kappa shape index (κ1) is 34.6. The summed E-state index contributed by atoms with van der Waals surface area (Å²) in [5.74, 6) is -7.91. The van der Waals surface area contributed by atoms with Gasteiger partial charge in [0, 0.05) is 89.1 Å². The molecular formula is C33H46F4N6O5. The molecule has 1 aromatic rings. The molecule has 4 heterocycles. The van der Waals surface area contributed by atoms with Gasteiger partial charge in [-0.25, -0.2) is 17.6 Å². The molecule has 4 amide bonds. The number of nitrogens with zero attached hydrogens (tertiary/aromatic N) is 4. The van der Waals surface area contributed by atoms with E-state index in [4.69, 9.17) is 4.74 Å². The molecule has 1 aromatic heterocycles. The summed E-state index contributed by atoms with van der Waals surface area (Å²) in [4.78, 5) is 59.3. The molecule has 0 unspecified atom stereocenters. The Morgan fingerprint density at radius 1 is 0.958 bits per heavy atom. The van der Waals surface area contributed by atoms with Gasteiger partial charge in [-0.1, -0.05) is 13.8 Å². The molecule has 3 saturated heterocycles. The molecule has 4 atom stereocenters. The van der Waals surface area contributed by atoms with Gasteiger partial charge in [0.25, 0.3) is 11.8 Å². The van der Waals surface area contributed by atoms with E-state index in [-0.39, 0.29) is 101 Å². The Morgan fingerprint density at radius 3 is 2.15 bits per heavy atom. The first-order valence-corrected chi connectivity index (χ1v) is 17.0. The Bertz CT molecular complexity index is 1380. The number of rotatable bonds is 9. The normalized spacial score (nSPS) is 28.4. The predicted molar refractivity (Wildman–Crippen MR) is 164 cm³/mol. The number of piperidine rings is 1. The van der Waals surface area contributed by atoms with Gasteiger partial charge in [0.05, 0.1) is 23.8 Å². The molecule has 6 rings (SSSR count). The number of ether oxygens (including phenoxy) is 1. The Hall–Kier alpha value is -3.23. The summed E-state index contributed by atoms with van der Waals surface area (Å²) in [5, 5.41) is 9.35. The molecule has 1 spiro atoms. The number of carbonyl (C=O) groups is 4. The first-order valence-electron chi connectivity index (χ1n) is 17.0. The van der Waals surface area contributed by atoms with Crippen molar-refractivity contribution in [3.8, 4) is 0 Å². The molecular weight excluding hydrogens is 636 g/mol. The maximum atomic E-state index is 14.2. The van der Waals surface area contributed by atoms with Crippen molar-refractivity contribution >= 4 is 23.6 Å². The molecule has 266 valence electrons. The van der Waals surface area contributed by atoms with Crippen molar-refractivity contribution in [1.29, 1.82) is 0 Å². The van der Waals surface area contributed by atoms with E-state index >= 15 is 0 Å². The van der Waals surface area contributed by atoms with Crippen LogP contribution < -0.4 is 5.32 Å². The predicted octanol–water partition coefficient (Wildman–Crippen LogP) is 3.33. The molecule has 5 fully saturated rings. The average molecular weight is 683 g/mol. The lowest BCUT2D eigenvalue weighted by molar-refractivity contribution is -0.153. The van der Waals surface area contributed by atoms with E-state index in [0.717, 1.165) is 6.42 Å². The number of aromatic nitrogens is 2. The standard InChI is InChI=1S/C33H46F4N6O5/c1-20(48-16-21-4-6-32(34,35)7-5-21)25(29(47)41-10-8-33(36,37)9-11-41)40-26(44)24-15-42(27(45)22-13-38-39-14-22)17-31(24)18-43(19-31)28(46)23-12-30(23,2)3/h13-14,20-21,23-25H,4-12,15-19H2,1-3H3,(H,38,39)(H,40,44)/t20-,23-,24+,25+/m1/s1. The minimum atomic E-state index is -2.88. The van der Waals surface area contributed by atoms with E-state index in [0.29, 0.717) is 5.56 Å². The lowest BCUT2D eigenvalue weighted by atomic mass is 9.70. The average Bonchev–Trinajstić information content (AvgIpc) is 3.38. The van der Waals surface area contributed by atoms with Crippen LogP contribution in [0.4, 0.5) is 17.6 Å². The lowest BCUT2D eigenvalue weighted by Gasteiger charge is -2.50. The van der Waals surface area contributed by atoms with E-state index in [1.165, 1.54) is 17.3 Å². The van der Waals surface area contributed by atoms with Crippen LogP contribution in [0.2, 0.25) is 0 Å². The van der Waals surface area contributed by atoms with E-state index in [9.17, 15) is 36.7 Å². The van der Waals surface area contributed by atoms with Gasteiger partial charge < -0.3 is 24.8 Å². The van der Waals surface area contributed by atoms with Gasteiger partial charge >= 0.3 is 0 Å². The highest BCUT2D eigenvalue weighted by molar-refractivity contribution is 5.95. The van der Waals surface area contributed by atoms with Crippen LogP contribution in [-0.2, 0) is 19.1 Å².